The standard InChI is InChI=1S/C17H24N2O3/c1-3-22-15-14(12(2)4-9-18-15)16(20)19-10-5-13(6-11-19)17(21)7-8-17/h4,9,13,21H,3,5-8,10-11H2,1-2H3. The highest BCUT2D eigenvalue weighted by Crippen LogP contribution is 2.46. The SMILES string of the molecule is CCOc1nccc(C)c1C(=O)N1CCC(C2(O)CC2)CC1. The van der Waals surface area contributed by atoms with Crippen LogP contribution in [0.1, 0.15) is 48.5 Å². The summed E-state index contributed by atoms with van der Waals surface area (Å²) in [6, 6.07) is 1.84. The molecule has 0 atom stereocenters. The Kier molecular flexibility index (Phi) is 4.08. The van der Waals surface area contributed by atoms with E-state index < -0.39 is 5.60 Å². The van der Waals surface area contributed by atoms with E-state index in [0.717, 1.165) is 31.2 Å². The zero-order chi connectivity index (χ0) is 15.7. The summed E-state index contributed by atoms with van der Waals surface area (Å²) in [5.41, 5.74) is 1.04. The fourth-order valence-electron chi connectivity index (χ4n) is 3.35. The van der Waals surface area contributed by atoms with E-state index in [-0.39, 0.29) is 5.91 Å². The van der Waals surface area contributed by atoms with E-state index in [1.54, 1.807) is 6.20 Å². The van der Waals surface area contributed by atoms with Crippen molar-refractivity contribution in [2.24, 2.45) is 5.92 Å². The quantitative estimate of drug-likeness (QED) is 0.926. The Morgan fingerprint density at radius 1 is 1.45 bits per heavy atom. The third-order valence-corrected chi connectivity index (χ3v) is 4.92. The number of ether oxygens (including phenoxy) is 1. The van der Waals surface area contributed by atoms with Gasteiger partial charge in [-0.05, 0) is 57.1 Å². The predicted molar refractivity (Wildman–Crippen MR) is 83.0 cm³/mol. The van der Waals surface area contributed by atoms with Crippen molar-refractivity contribution >= 4 is 5.91 Å². The summed E-state index contributed by atoms with van der Waals surface area (Å²) in [4.78, 5) is 18.9. The Labute approximate surface area is 131 Å². The molecule has 1 N–H and O–H groups in total. The smallest absolute Gasteiger partial charge is 0.259 e. The van der Waals surface area contributed by atoms with Crippen molar-refractivity contribution in [1.82, 2.24) is 9.88 Å². The van der Waals surface area contributed by atoms with Crippen molar-refractivity contribution in [2.45, 2.75) is 45.1 Å². The molecule has 1 aromatic heterocycles. The minimum atomic E-state index is -0.435. The maximum Gasteiger partial charge on any atom is 0.259 e. The highest BCUT2D eigenvalue weighted by Gasteiger charge is 2.48. The largest absolute Gasteiger partial charge is 0.477 e. The molecule has 1 aliphatic heterocycles. The molecule has 1 saturated carbocycles. The van der Waals surface area contributed by atoms with Gasteiger partial charge in [-0.1, -0.05) is 0 Å². The van der Waals surface area contributed by atoms with Gasteiger partial charge in [0.05, 0.1) is 12.2 Å². The van der Waals surface area contributed by atoms with Gasteiger partial charge in [-0.2, -0.15) is 0 Å². The number of hydrogen-bond acceptors (Lipinski definition) is 4. The van der Waals surface area contributed by atoms with Crippen molar-refractivity contribution in [3.63, 3.8) is 0 Å². The number of aryl methyl sites for hydroxylation is 1. The number of nitrogens with zero attached hydrogens (tertiary/aromatic N) is 2. The average molecular weight is 304 g/mol. The number of carbonyl (C=O) groups excluding carboxylic acids is 1. The number of carbonyl (C=O) groups is 1. The molecular formula is C17H24N2O3. The Morgan fingerprint density at radius 2 is 2.14 bits per heavy atom. The summed E-state index contributed by atoms with van der Waals surface area (Å²) in [6.45, 7) is 5.69. The first-order valence-electron chi connectivity index (χ1n) is 8.15. The zero-order valence-corrected chi connectivity index (χ0v) is 13.3. The molecular weight excluding hydrogens is 280 g/mol. The molecule has 5 heteroatoms. The van der Waals surface area contributed by atoms with Gasteiger partial charge in [0.1, 0.15) is 5.56 Å². The number of piperidine rings is 1. The van der Waals surface area contributed by atoms with Crippen molar-refractivity contribution < 1.29 is 14.6 Å². The second-order valence-electron chi connectivity index (χ2n) is 6.41. The summed E-state index contributed by atoms with van der Waals surface area (Å²) in [5, 5.41) is 10.2. The summed E-state index contributed by atoms with van der Waals surface area (Å²) in [7, 11) is 0. The van der Waals surface area contributed by atoms with Crippen LogP contribution in [0.2, 0.25) is 0 Å². The topological polar surface area (TPSA) is 62.7 Å². The van der Waals surface area contributed by atoms with Crippen LogP contribution in [-0.4, -0.2) is 46.2 Å². The number of hydrogen-bond donors (Lipinski definition) is 1. The van der Waals surface area contributed by atoms with E-state index in [9.17, 15) is 9.90 Å². The van der Waals surface area contributed by atoms with Crippen LogP contribution in [0.15, 0.2) is 12.3 Å². The lowest BCUT2D eigenvalue weighted by Crippen LogP contribution is -2.42. The molecule has 0 spiro atoms. The number of rotatable bonds is 4. The Bertz CT molecular complexity index is 561. The Balaban J connectivity index is 1.72. The monoisotopic (exact) mass is 304 g/mol. The second-order valence-corrected chi connectivity index (χ2v) is 6.41. The van der Waals surface area contributed by atoms with Crippen LogP contribution >= 0.6 is 0 Å². The number of aliphatic hydroxyl groups is 1. The van der Waals surface area contributed by atoms with Crippen LogP contribution in [0, 0.1) is 12.8 Å². The van der Waals surface area contributed by atoms with Crippen LogP contribution in [0.3, 0.4) is 0 Å². The molecule has 22 heavy (non-hydrogen) atoms. The van der Waals surface area contributed by atoms with E-state index >= 15 is 0 Å². The van der Waals surface area contributed by atoms with Crippen LogP contribution in [0.5, 0.6) is 5.88 Å². The molecule has 0 unspecified atom stereocenters. The third kappa shape index (κ3) is 2.82. The van der Waals surface area contributed by atoms with Gasteiger partial charge in [-0.25, -0.2) is 4.98 Å². The minimum Gasteiger partial charge on any atom is -0.477 e. The molecule has 5 nitrogen and oxygen atoms in total. The zero-order valence-electron chi connectivity index (χ0n) is 13.3. The van der Waals surface area contributed by atoms with E-state index in [4.69, 9.17) is 4.74 Å². The van der Waals surface area contributed by atoms with Gasteiger partial charge < -0.3 is 14.7 Å². The minimum absolute atomic E-state index is 0.00436. The van der Waals surface area contributed by atoms with Crippen LogP contribution in [0.25, 0.3) is 0 Å². The van der Waals surface area contributed by atoms with Crippen molar-refractivity contribution in [3.8, 4) is 5.88 Å². The van der Waals surface area contributed by atoms with Gasteiger partial charge in [0.2, 0.25) is 5.88 Å². The fraction of sp³-hybridized carbons (Fsp3) is 0.647. The summed E-state index contributed by atoms with van der Waals surface area (Å²) >= 11 is 0. The van der Waals surface area contributed by atoms with Gasteiger partial charge in [-0.3, -0.25) is 4.79 Å². The summed E-state index contributed by atoms with van der Waals surface area (Å²) < 4.78 is 5.52. The number of amides is 1. The molecule has 120 valence electrons. The molecule has 1 amide bonds. The highest BCUT2D eigenvalue weighted by molar-refractivity contribution is 5.97. The number of pyridine rings is 1. The maximum absolute atomic E-state index is 12.8. The first-order chi connectivity index (χ1) is 10.5. The molecule has 1 aromatic rings. The second kappa shape index (κ2) is 5.88. The first kappa shape index (κ1) is 15.3. The molecule has 2 aliphatic rings. The Hall–Kier alpha value is -1.62. The molecule has 1 saturated heterocycles. The predicted octanol–water partition coefficient (Wildman–Crippen LogP) is 2.17. The van der Waals surface area contributed by atoms with Gasteiger partial charge in [0.15, 0.2) is 0 Å². The lowest BCUT2D eigenvalue weighted by atomic mass is 9.89. The number of aromatic nitrogens is 1. The first-order valence-corrected chi connectivity index (χ1v) is 8.15. The van der Waals surface area contributed by atoms with E-state index in [1.165, 1.54) is 0 Å². The van der Waals surface area contributed by atoms with Gasteiger partial charge >= 0.3 is 0 Å². The van der Waals surface area contributed by atoms with Crippen molar-refractivity contribution in [1.29, 1.82) is 0 Å². The Morgan fingerprint density at radius 3 is 2.73 bits per heavy atom. The van der Waals surface area contributed by atoms with Crippen LogP contribution < -0.4 is 4.74 Å². The van der Waals surface area contributed by atoms with Gasteiger partial charge in [-0.15, -0.1) is 0 Å². The van der Waals surface area contributed by atoms with Crippen molar-refractivity contribution in [2.75, 3.05) is 19.7 Å². The van der Waals surface area contributed by atoms with Crippen molar-refractivity contribution in [3.05, 3.63) is 23.4 Å². The molecule has 0 aromatic carbocycles. The molecule has 0 radical (unpaired) electrons. The van der Waals surface area contributed by atoms with Gasteiger partial charge in [0.25, 0.3) is 5.91 Å². The molecule has 3 rings (SSSR count). The molecule has 0 bridgehead atoms. The highest BCUT2D eigenvalue weighted by atomic mass is 16.5. The van der Waals surface area contributed by atoms with E-state index in [0.29, 0.717) is 37.1 Å². The lowest BCUT2D eigenvalue weighted by Gasteiger charge is -2.34. The molecule has 2 heterocycles. The average Bonchev–Trinajstić information content (AvgIpc) is 3.27. The third-order valence-electron chi connectivity index (χ3n) is 4.92. The molecule has 2 fully saturated rings. The van der Waals surface area contributed by atoms with E-state index in [2.05, 4.69) is 4.98 Å². The summed E-state index contributed by atoms with van der Waals surface area (Å²) in [6.07, 6.45) is 5.27. The van der Waals surface area contributed by atoms with Gasteiger partial charge in [0, 0.05) is 19.3 Å². The fourth-order valence-corrected chi connectivity index (χ4v) is 3.35. The van der Waals surface area contributed by atoms with E-state index in [1.807, 2.05) is 24.8 Å². The van der Waals surface area contributed by atoms with Crippen LogP contribution in [-0.2, 0) is 0 Å². The number of likely N-dealkylation sites (tertiary alicyclic amines) is 1. The summed E-state index contributed by atoms with van der Waals surface area (Å²) in [5.74, 6) is 0.767. The normalized spacial score (nSPS) is 20.8. The van der Waals surface area contributed by atoms with Crippen LogP contribution in [0.4, 0.5) is 0 Å². The maximum atomic E-state index is 12.8. The molecule has 1 aliphatic carbocycles. The lowest BCUT2D eigenvalue weighted by molar-refractivity contribution is 0.0338.